The van der Waals surface area contributed by atoms with Gasteiger partial charge in [-0.05, 0) is 31.2 Å². The summed E-state index contributed by atoms with van der Waals surface area (Å²) in [5.74, 6) is -0.685. The Morgan fingerprint density at radius 2 is 2.15 bits per heavy atom. The van der Waals surface area contributed by atoms with E-state index in [0.717, 1.165) is 16.5 Å². The molecular formula is C19H19N3O4. The molecule has 1 aromatic carbocycles. The van der Waals surface area contributed by atoms with E-state index in [-0.39, 0.29) is 25.7 Å². The molecule has 0 aliphatic carbocycles. The molecule has 7 heteroatoms. The number of aliphatic hydroxyl groups excluding tert-OH is 1. The molecule has 2 N–H and O–H groups in total. The van der Waals surface area contributed by atoms with E-state index < -0.39 is 5.97 Å². The summed E-state index contributed by atoms with van der Waals surface area (Å²) in [5, 5.41) is 13.1. The van der Waals surface area contributed by atoms with Crippen LogP contribution in [0.1, 0.15) is 22.8 Å². The van der Waals surface area contributed by atoms with Crippen LogP contribution >= 0.6 is 0 Å². The summed E-state index contributed by atoms with van der Waals surface area (Å²) < 4.78 is 6.70. The topological polar surface area (TPSA) is 93.5 Å². The Bertz CT molecular complexity index is 949. The number of pyridine rings is 1. The quantitative estimate of drug-likeness (QED) is 0.664. The molecule has 0 bridgehead atoms. The molecule has 0 fully saturated rings. The van der Waals surface area contributed by atoms with E-state index in [9.17, 15) is 14.7 Å². The first-order chi connectivity index (χ1) is 12.6. The Hall–Kier alpha value is -3.19. The number of hydrogen-bond donors (Lipinski definition) is 2. The zero-order valence-electron chi connectivity index (χ0n) is 14.3. The Morgan fingerprint density at radius 1 is 1.31 bits per heavy atom. The van der Waals surface area contributed by atoms with Gasteiger partial charge in [0.15, 0.2) is 0 Å². The van der Waals surface area contributed by atoms with E-state index in [4.69, 9.17) is 4.74 Å². The van der Waals surface area contributed by atoms with Gasteiger partial charge in [-0.25, -0.2) is 4.79 Å². The smallest absolute Gasteiger partial charge is 0.338 e. The molecule has 0 radical (unpaired) electrons. The normalized spacial score (nSPS) is 10.7. The molecular weight excluding hydrogens is 334 g/mol. The number of aromatic nitrogens is 2. The van der Waals surface area contributed by atoms with Crippen LogP contribution in [0.5, 0.6) is 0 Å². The summed E-state index contributed by atoms with van der Waals surface area (Å²) in [6.07, 6.45) is 5.04. The number of esters is 1. The Labute approximate surface area is 150 Å². The van der Waals surface area contributed by atoms with Crippen molar-refractivity contribution < 1.29 is 19.4 Å². The van der Waals surface area contributed by atoms with E-state index in [1.165, 1.54) is 0 Å². The highest BCUT2D eigenvalue weighted by molar-refractivity contribution is 5.95. The fraction of sp³-hybridized carbons (Fsp3) is 0.211. The lowest BCUT2D eigenvalue weighted by Gasteiger charge is -2.09. The lowest BCUT2D eigenvalue weighted by atomic mass is 10.2. The van der Waals surface area contributed by atoms with E-state index in [0.29, 0.717) is 11.3 Å². The SMILES string of the molecule is CCOC(=O)c1cccc(NC(=O)Cn2cc(CO)c3ccncc32)c1. The fourth-order valence-corrected chi connectivity index (χ4v) is 2.76. The first-order valence-electron chi connectivity index (χ1n) is 8.22. The second-order valence-electron chi connectivity index (χ2n) is 5.68. The van der Waals surface area contributed by atoms with Crippen LogP contribution in [0.15, 0.2) is 48.9 Å². The van der Waals surface area contributed by atoms with Crippen LogP contribution in [0.4, 0.5) is 5.69 Å². The highest BCUT2D eigenvalue weighted by Crippen LogP contribution is 2.20. The molecule has 2 aromatic heterocycles. The number of benzene rings is 1. The first-order valence-corrected chi connectivity index (χ1v) is 8.22. The van der Waals surface area contributed by atoms with Crippen LogP contribution in [0.25, 0.3) is 10.9 Å². The van der Waals surface area contributed by atoms with Crippen molar-refractivity contribution in [1.29, 1.82) is 0 Å². The summed E-state index contributed by atoms with van der Waals surface area (Å²) in [6.45, 7) is 1.97. The minimum atomic E-state index is -0.432. The molecule has 0 aliphatic heterocycles. The van der Waals surface area contributed by atoms with Gasteiger partial charge in [-0.15, -0.1) is 0 Å². The number of aliphatic hydroxyl groups is 1. The minimum Gasteiger partial charge on any atom is -0.462 e. The number of carbonyl (C=O) groups excluding carboxylic acids is 2. The van der Waals surface area contributed by atoms with Crippen LogP contribution in [0, 0.1) is 0 Å². The summed E-state index contributed by atoms with van der Waals surface area (Å²) in [4.78, 5) is 28.3. The Kier molecular flexibility index (Phi) is 5.28. The number of fused-ring (bicyclic) bond motifs is 1. The Balaban J connectivity index is 1.76. The van der Waals surface area contributed by atoms with Gasteiger partial charge >= 0.3 is 5.97 Å². The van der Waals surface area contributed by atoms with Gasteiger partial charge in [-0.3, -0.25) is 9.78 Å². The van der Waals surface area contributed by atoms with Crippen molar-refractivity contribution in [3.05, 3.63) is 60.0 Å². The molecule has 134 valence electrons. The maximum absolute atomic E-state index is 12.4. The predicted octanol–water partition coefficient (Wildman–Crippen LogP) is 2.34. The molecule has 0 unspecified atom stereocenters. The summed E-state index contributed by atoms with van der Waals surface area (Å²) in [6, 6.07) is 8.39. The third-order valence-corrected chi connectivity index (χ3v) is 3.91. The zero-order valence-corrected chi connectivity index (χ0v) is 14.3. The number of amides is 1. The zero-order chi connectivity index (χ0) is 18.5. The van der Waals surface area contributed by atoms with Gasteiger partial charge in [0.2, 0.25) is 5.91 Å². The van der Waals surface area contributed by atoms with E-state index in [1.54, 1.807) is 60.4 Å². The molecule has 2 heterocycles. The van der Waals surface area contributed by atoms with Crippen LogP contribution in [0.3, 0.4) is 0 Å². The second-order valence-corrected chi connectivity index (χ2v) is 5.68. The average Bonchev–Trinajstić information content (AvgIpc) is 3.00. The summed E-state index contributed by atoms with van der Waals surface area (Å²) in [5.41, 5.74) is 2.40. The van der Waals surface area contributed by atoms with Gasteiger partial charge in [0, 0.05) is 29.0 Å². The van der Waals surface area contributed by atoms with E-state index in [1.807, 2.05) is 0 Å². The molecule has 0 atom stereocenters. The monoisotopic (exact) mass is 353 g/mol. The lowest BCUT2D eigenvalue weighted by Crippen LogP contribution is -2.18. The lowest BCUT2D eigenvalue weighted by molar-refractivity contribution is -0.116. The number of ether oxygens (including phenoxy) is 1. The van der Waals surface area contributed by atoms with Crippen LogP contribution in [-0.4, -0.2) is 33.1 Å². The van der Waals surface area contributed by atoms with Crippen molar-refractivity contribution in [2.45, 2.75) is 20.1 Å². The fourth-order valence-electron chi connectivity index (χ4n) is 2.76. The number of nitrogens with zero attached hydrogens (tertiary/aromatic N) is 2. The number of nitrogens with one attached hydrogen (secondary N) is 1. The molecule has 1 amide bonds. The van der Waals surface area contributed by atoms with Gasteiger partial charge in [0.05, 0.1) is 30.5 Å². The van der Waals surface area contributed by atoms with Crippen molar-refractivity contribution in [1.82, 2.24) is 9.55 Å². The van der Waals surface area contributed by atoms with E-state index in [2.05, 4.69) is 10.3 Å². The van der Waals surface area contributed by atoms with Gasteiger partial charge in [0.1, 0.15) is 6.54 Å². The molecule has 0 saturated carbocycles. The summed E-state index contributed by atoms with van der Waals surface area (Å²) >= 11 is 0. The first kappa shape index (κ1) is 17.6. The molecule has 3 rings (SSSR count). The van der Waals surface area contributed by atoms with Crippen molar-refractivity contribution in [2.24, 2.45) is 0 Å². The van der Waals surface area contributed by atoms with E-state index >= 15 is 0 Å². The van der Waals surface area contributed by atoms with Crippen LogP contribution in [0.2, 0.25) is 0 Å². The maximum atomic E-state index is 12.4. The van der Waals surface area contributed by atoms with Crippen LogP contribution in [-0.2, 0) is 22.7 Å². The number of hydrogen-bond acceptors (Lipinski definition) is 5. The maximum Gasteiger partial charge on any atom is 0.338 e. The number of anilines is 1. The third kappa shape index (κ3) is 3.73. The second kappa shape index (κ2) is 7.79. The molecule has 26 heavy (non-hydrogen) atoms. The Morgan fingerprint density at radius 3 is 2.92 bits per heavy atom. The molecule has 0 aliphatic rings. The largest absolute Gasteiger partial charge is 0.462 e. The van der Waals surface area contributed by atoms with Crippen molar-refractivity contribution >= 4 is 28.5 Å². The van der Waals surface area contributed by atoms with Crippen molar-refractivity contribution in [3.63, 3.8) is 0 Å². The molecule has 0 spiro atoms. The van der Waals surface area contributed by atoms with Gasteiger partial charge in [-0.2, -0.15) is 0 Å². The highest BCUT2D eigenvalue weighted by Gasteiger charge is 2.12. The highest BCUT2D eigenvalue weighted by atomic mass is 16.5. The number of rotatable bonds is 6. The van der Waals surface area contributed by atoms with Gasteiger partial charge in [0.25, 0.3) is 0 Å². The predicted molar refractivity (Wildman–Crippen MR) is 96.7 cm³/mol. The average molecular weight is 353 g/mol. The van der Waals surface area contributed by atoms with Gasteiger partial charge in [-0.1, -0.05) is 6.07 Å². The third-order valence-electron chi connectivity index (χ3n) is 3.91. The minimum absolute atomic E-state index is 0.0613. The van der Waals surface area contributed by atoms with Crippen molar-refractivity contribution in [3.8, 4) is 0 Å². The molecule has 7 nitrogen and oxygen atoms in total. The molecule has 0 saturated heterocycles. The van der Waals surface area contributed by atoms with Crippen molar-refractivity contribution in [2.75, 3.05) is 11.9 Å². The molecule has 3 aromatic rings. The van der Waals surface area contributed by atoms with Gasteiger partial charge < -0.3 is 19.7 Å². The number of carbonyl (C=O) groups is 2. The summed E-state index contributed by atoms with van der Waals surface area (Å²) in [7, 11) is 0. The van der Waals surface area contributed by atoms with Crippen LogP contribution < -0.4 is 5.32 Å². The standard InChI is InChI=1S/C19H19N3O4/c1-2-26-19(25)13-4-3-5-15(8-13)21-18(24)11-22-10-14(12-23)16-6-7-20-9-17(16)22/h3-10,23H,2,11-12H2,1H3,(H,21,24).